The monoisotopic (exact) mass is 507 g/mol. The maximum absolute atomic E-state index is 12.3. The van der Waals surface area contributed by atoms with Crippen LogP contribution < -0.4 is 10.6 Å². The van der Waals surface area contributed by atoms with Crippen molar-refractivity contribution >= 4 is 55.2 Å². The van der Waals surface area contributed by atoms with E-state index in [1.54, 1.807) is 17.5 Å². The largest absolute Gasteiger partial charge is 0.352 e. The highest BCUT2D eigenvalue weighted by atomic mass is 79.9. The number of nitrogens with zero attached hydrogens (tertiary/aromatic N) is 3. The first kappa shape index (κ1) is 20.6. The van der Waals surface area contributed by atoms with Gasteiger partial charge in [-0.25, -0.2) is 14.8 Å². The van der Waals surface area contributed by atoms with Crippen LogP contribution in [0.25, 0.3) is 20.7 Å². The molecule has 1 unspecified atom stereocenters. The molecule has 5 rings (SSSR count). The molecule has 0 aliphatic carbocycles. The number of halogens is 1. The maximum Gasteiger partial charge on any atom is 0.325 e. The Labute approximate surface area is 196 Å². The summed E-state index contributed by atoms with van der Waals surface area (Å²) in [4.78, 5) is 36.2. The standard InChI is InChI=1S/C23H18BrN5O2S/c24-16-13-26-22(27-19(16)18-12-15-8-4-5-9-17(15)32-18)25-10-11-29-20(21(30)28-23(29)31)14-6-2-1-3-7-14/h1-9,12-13,20H,10-11H2,(H,25,26,27)(H,28,30,31). The summed E-state index contributed by atoms with van der Waals surface area (Å²) in [6.45, 7) is 0.728. The summed E-state index contributed by atoms with van der Waals surface area (Å²) in [5.74, 6) is 0.149. The molecule has 160 valence electrons. The van der Waals surface area contributed by atoms with Crippen LogP contribution in [0.4, 0.5) is 10.7 Å². The predicted molar refractivity (Wildman–Crippen MR) is 128 cm³/mol. The van der Waals surface area contributed by atoms with Crippen molar-refractivity contribution in [1.29, 1.82) is 0 Å². The zero-order valence-corrected chi connectivity index (χ0v) is 19.2. The van der Waals surface area contributed by atoms with Crippen molar-refractivity contribution in [2.75, 3.05) is 18.4 Å². The van der Waals surface area contributed by atoms with Crippen LogP contribution in [0.1, 0.15) is 11.6 Å². The molecule has 9 heteroatoms. The summed E-state index contributed by atoms with van der Waals surface area (Å²) in [6, 6.07) is 18.6. The third-order valence-electron chi connectivity index (χ3n) is 5.21. The number of fused-ring (bicyclic) bond motifs is 1. The zero-order chi connectivity index (χ0) is 22.1. The first-order valence-electron chi connectivity index (χ1n) is 10.0. The highest BCUT2D eigenvalue weighted by molar-refractivity contribution is 9.10. The minimum Gasteiger partial charge on any atom is -0.352 e. The summed E-state index contributed by atoms with van der Waals surface area (Å²) in [5, 5.41) is 6.75. The van der Waals surface area contributed by atoms with Gasteiger partial charge >= 0.3 is 6.03 Å². The third-order valence-corrected chi connectivity index (χ3v) is 6.91. The number of rotatable bonds is 6. The van der Waals surface area contributed by atoms with Gasteiger partial charge in [0, 0.05) is 24.0 Å². The molecule has 2 aromatic heterocycles. The van der Waals surface area contributed by atoms with Crippen molar-refractivity contribution < 1.29 is 9.59 Å². The normalized spacial score (nSPS) is 15.9. The Morgan fingerprint density at radius 3 is 2.69 bits per heavy atom. The van der Waals surface area contributed by atoms with Gasteiger partial charge in [-0.15, -0.1) is 11.3 Å². The smallest absolute Gasteiger partial charge is 0.325 e. The van der Waals surface area contributed by atoms with E-state index in [2.05, 4.69) is 54.7 Å². The van der Waals surface area contributed by atoms with Crippen molar-refractivity contribution in [3.8, 4) is 10.6 Å². The Morgan fingerprint density at radius 2 is 1.88 bits per heavy atom. The summed E-state index contributed by atoms with van der Waals surface area (Å²) in [7, 11) is 0. The van der Waals surface area contributed by atoms with Gasteiger partial charge in [0.2, 0.25) is 5.95 Å². The molecule has 0 spiro atoms. The lowest BCUT2D eigenvalue weighted by molar-refractivity contribution is -0.121. The van der Waals surface area contributed by atoms with Gasteiger partial charge in [-0.1, -0.05) is 48.5 Å². The number of nitrogens with one attached hydrogen (secondary N) is 2. The van der Waals surface area contributed by atoms with Crippen molar-refractivity contribution in [2.24, 2.45) is 0 Å². The number of urea groups is 1. The van der Waals surface area contributed by atoms with Crippen LogP contribution in [0.15, 0.2) is 71.3 Å². The lowest BCUT2D eigenvalue weighted by atomic mass is 10.1. The van der Waals surface area contributed by atoms with Crippen molar-refractivity contribution in [2.45, 2.75) is 6.04 Å². The molecule has 0 bridgehead atoms. The summed E-state index contributed by atoms with van der Waals surface area (Å²) >= 11 is 5.22. The van der Waals surface area contributed by atoms with Crippen molar-refractivity contribution in [3.05, 3.63) is 76.9 Å². The molecule has 3 amide bonds. The number of anilines is 1. The number of carbonyl (C=O) groups is 2. The van der Waals surface area contributed by atoms with E-state index in [4.69, 9.17) is 0 Å². The summed E-state index contributed by atoms with van der Waals surface area (Å²) in [6.07, 6.45) is 1.72. The number of thiophene rings is 1. The zero-order valence-electron chi connectivity index (χ0n) is 16.8. The van der Waals surface area contributed by atoms with Gasteiger partial charge in [-0.05, 0) is 39.0 Å². The Bertz CT molecular complexity index is 1280. The van der Waals surface area contributed by atoms with Crippen LogP contribution in [0, 0.1) is 0 Å². The SMILES string of the molecule is O=C1NC(=O)N(CCNc2ncc(Br)c(-c3cc4ccccc4s3)n2)C1c1ccccc1. The number of imide groups is 1. The Hall–Kier alpha value is -3.30. The minimum absolute atomic E-state index is 0.312. The lowest BCUT2D eigenvalue weighted by Gasteiger charge is -2.22. The third kappa shape index (κ3) is 3.96. The Morgan fingerprint density at radius 1 is 1.09 bits per heavy atom. The molecule has 3 heterocycles. The Balaban J connectivity index is 1.31. The maximum atomic E-state index is 12.3. The highest BCUT2D eigenvalue weighted by Gasteiger charge is 2.38. The van der Waals surface area contributed by atoms with E-state index < -0.39 is 12.1 Å². The summed E-state index contributed by atoms with van der Waals surface area (Å²) < 4.78 is 2.00. The van der Waals surface area contributed by atoms with Crippen LogP contribution in [0.3, 0.4) is 0 Å². The van der Waals surface area contributed by atoms with E-state index in [1.807, 2.05) is 42.5 Å². The topological polar surface area (TPSA) is 87.2 Å². The number of carbonyl (C=O) groups excluding carboxylic acids is 2. The molecule has 2 aromatic carbocycles. The average Bonchev–Trinajstić information content (AvgIpc) is 3.35. The molecule has 1 aliphatic heterocycles. The quantitative estimate of drug-likeness (QED) is 0.365. The summed E-state index contributed by atoms with van der Waals surface area (Å²) in [5.41, 5.74) is 1.59. The number of hydrogen-bond acceptors (Lipinski definition) is 6. The number of hydrogen-bond donors (Lipinski definition) is 2. The van der Waals surface area contributed by atoms with Crippen molar-refractivity contribution in [3.63, 3.8) is 0 Å². The molecule has 32 heavy (non-hydrogen) atoms. The minimum atomic E-state index is -0.634. The van der Waals surface area contributed by atoms with E-state index in [1.165, 1.54) is 15.0 Å². The van der Waals surface area contributed by atoms with Crippen LogP contribution >= 0.6 is 27.3 Å². The fourth-order valence-electron chi connectivity index (χ4n) is 3.71. The van der Waals surface area contributed by atoms with Gasteiger partial charge in [0.15, 0.2) is 0 Å². The van der Waals surface area contributed by atoms with E-state index in [-0.39, 0.29) is 5.91 Å². The molecular formula is C23H18BrN5O2S. The molecule has 2 N–H and O–H groups in total. The lowest BCUT2D eigenvalue weighted by Crippen LogP contribution is -2.34. The number of benzene rings is 2. The van der Waals surface area contributed by atoms with Crippen LogP contribution in [0.2, 0.25) is 0 Å². The van der Waals surface area contributed by atoms with E-state index >= 15 is 0 Å². The fraction of sp³-hybridized carbons (Fsp3) is 0.130. The predicted octanol–water partition coefficient (Wildman–Crippen LogP) is 4.83. The van der Waals surface area contributed by atoms with Gasteiger partial charge < -0.3 is 10.2 Å². The van der Waals surface area contributed by atoms with Crippen molar-refractivity contribution in [1.82, 2.24) is 20.2 Å². The van der Waals surface area contributed by atoms with Gasteiger partial charge in [0.25, 0.3) is 5.91 Å². The van der Waals surface area contributed by atoms with E-state index in [0.717, 1.165) is 20.6 Å². The molecule has 0 saturated carbocycles. The number of amides is 3. The molecular weight excluding hydrogens is 490 g/mol. The van der Waals surface area contributed by atoms with Crippen LogP contribution in [0.5, 0.6) is 0 Å². The second kappa shape index (κ2) is 8.68. The van der Waals surface area contributed by atoms with Crippen LogP contribution in [-0.2, 0) is 4.79 Å². The average molecular weight is 508 g/mol. The van der Waals surface area contributed by atoms with Crippen LogP contribution in [-0.4, -0.2) is 39.9 Å². The van der Waals surface area contributed by atoms with E-state index in [9.17, 15) is 9.59 Å². The number of aromatic nitrogens is 2. The molecule has 1 atom stereocenters. The fourth-order valence-corrected chi connectivity index (χ4v) is 5.32. The molecule has 7 nitrogen and oxygen atoms in total. The second-order valence-corrected chi connectivity index (χ2v) is 9.20. The molecule has 1 saturated heterocycles. The molecule has 1 aliphatic rings. The van der Waals surface area contributed by atoms with Gasteiger partial charge in [0.05, 0.1) is 9.35 Å². The first-order chi connectivity index (χ1) is 15.6. The Kier molecular flexibility index (Phi) is 5.59. The van der Waals surface area contributed by atoms with Gasteiger partial charge in [-0.3, -0.25) is 10.1 Å². The molecule has 4 aromatic rings. The second-order valence-electron chi connectivity index (χ2n) is 7.27. The van der Waals surface area contributed by atoms with Gasteiger partial charge in [0.1, 0.15) is 11.7 Å². The molecule has 1 fully saturated rings. The van der Waals surface area contributed by atoms with E-state index in [0.29, 0.717) is 19.0 Å². The van der Waals surface area contributed by atoms with Gasteiger partial charge in [-0.2, -0.15) is 0 Å². The highest BCUT2D eigenvalue weighted by Crippen LogP contribution is 2.36. The first-order valence-corrected chi connectivity index (χ1v) is 11.6. The molecule has 0 radical (unpaired) electrons.